The Bertz CT molecular complexity index is 593. The summed E-state index contributed by atoms with van der Waals surface area (Å²) in [7, 11) is 5.83. The van der Waals surface area contributed by atoms with Crippen molar-refractivity contribution < 1.29 is 14.2 Å². The van der Waals surface area contributed by atoms with E-state index in [-0.39, 0.29) is 6.10 Å². The molecule has 0 aromatic heterocycles. The molecule has 0 aliphatic carbocycles. The molecule has 0 saturated carbocycles. The molecule has 166 valence electrons. The molecule has 2 N–H and O–H groups in total. The molecular weight excluding hydrogens is 368 g/mol. The van der Waals surface area contributed by atoms with Gasteiger partial charge in [-0.3, -0.25) is 0 Å². The third-order valence-corrected chi connectivity index (χ3v) is 4.32. The van der Waals surface area contributed by atoms with Crippen LogP contribution in [0.1, 0.15) is 31.4 Å². The summed E-state index contributed by atoms with van der Waals surface area (Å²) in [5.41, 5.74) is 2.22. The Labute approximate surface area is 176 Å². The lowest BCUT2D eigenvalue weighted by molar-refractivity contribution is 0.0548. The first-order valence-electron chi connectivity index (χ1n) is 10.5. The zero-order valence-corrected chi connectivity index (χ0v) is 19.1. The average molecular weight is 409 g/mol. The molecule has 0 saturated heterocycles. The van der Waals surface area contributed by atoms with Crippen molar-refractivity contribution >= 4 is 5.96 Å². The number of hydrogen-bond donors (Lipinski definition) is 2. The van der Waals surface area contributed by atoms with Gasteiger partial charge in [0.05, 0.1) is 19.3 Å². The zero-order valence-electron chi connectivity index (χ0n) is 19.1. The smallest absolute Gasteiger partial charge is 0.191 e. The normalized spacial score (nSPS) is 12.9. The molecule has 0 aliphatic heterocycles. The maximum Gasteiger partial charge on any atom is 0.191 e. The summed E-state index contributed by atoms with van der Waals surface area (Å²) < 4.78 is 16.8. The third-order valence-electron chi connectivity index (χ3n) is 4.32. The van der Waals surface area contributed by atoms with Gasteiger partial charge in [-0.25, -0.2) is 4.99 Å². The first-order valence-corrected chi connectivity index (χ1v) is 10.5. The molecule has 1 aromatic rings. The Kier molecular flexibility index (Phi) is 13.1. The van der Waals surface area contributed by atoms with Gasteiger partial charge in [0.25, 0.3) is 0 Å². The minimum absolute atomic E-state index is 0.151. The van der Waals surface area contributed by atoms with Crippen molar-refractivity contribution in [1.29, 1.82) is 0 Å². The van der Waals surface area contributed by atoms with Gasteiger partial charge < -0.3 is 29.7 Å². The number of aliphatic imine (C=N–C) groups is 1. The van der Waals surface area contributed by atoms with Gasteiger partial charge in [-0.2, -0.15) is 0 Å². The highest BCUT2D eigenvalue weighted by Crippen LogP contribution is 2.21. The highest BCUT2D eigenvalue weighted by atomic mass is 16.5. The lowest BCUT2D eigenvalue weighted by Crippen LogP contribution is -2.42. The second kappa shape index (κ2) is 15.1. The minimum atomic E-state index is 0.151. The Morgan fingerprint density at radius 2 is 1.97 bits per heavy atom. The number of nitrogens with one attached hydrogen (secondary N) is 2. The fourth-order valence-corrected chi connectivity index (χ4v) is 2.76. The molecule has 0 heterocycles. The number of hydrogen-bond acceptors (Lipinski definition) is 5. The SMILES string of the molecule is CCNC(=NCc1ccc(C)cc1OCCOC)NCC(CCN(C)C)OCC. The Hall–Kier alpha value is -1.83. The van der Waals surface area contributed by atoms with E-state index in [1.165, 1.54) is 0 Å². The van der Waals surface area contributed by atoms with Crippen LogP contribution in [0.3, 0.4) is 0 Å². The summed E-state index contributed by atoms with van der Waals surface area (Å²) in [5.74, 6) is 1.64. The fourth-order valence-electron chi connectivity index (χ4n) is 2.76. The molecule has 29 heavy (non-hydrogen) atoms. The molecule has 0 radical (unpaired) electrons. The van der Waals surface area contributed by atoms with Crippen molar-refractivity contribution in [1.82, 2.24) is 15.5 Å². The van der Waals surface area contributed by atoms with Crippen LogP contribution in [0.2, 0.25) is 0 Å². The van der Waals surface area contributed by atoms with E-state index in [0.29, 0.717) is 26.4 Å². The Morgan fingerprint density at radius 3 is 2.62 bits per heavy atom. The molecule has 7 heteroatoms. The summed E-state index contributed by atoms with van der Waals surface area (Å²) >= 11 is 0. The van der Waals surface area contributed by atoms with Gasteiger partial charge in [-0.1, -0.05) is 12.1 Å². The second-order valence-electron chi connectivity index (χ2n) is 7.20. The van der Waals surface area contributed by atoms with Crippen LogP contribution in [-0.2, 0) is 16.0 Å². The van der Waals surface area contributed by atoms with Gasteiger partial charge in [0, 0.05) is 38.9 Å². The quantitative estimate of drug-likeness (QED) is 0.280. The number of aryl methyl sites for hydroxylation is 1. The summed E-state index contributed by atoms with van der Waals surface area (Å²) in [4.78, 5) is 6.92. The maximum atomic E-state index is 5.88. The van der Waals surface area contributed by atoms with E-state index < -0.39 is 0 Å². The van der Waals surface area contributed by atoms with E-state index in [1.807, 2.05) is 13.0 Å². The molecule has 0 bridgehead atoms. The first kappa shape index (κ1) is 25.2. The number of methoxy groups -OCH3 is 1. The highest BCUT2D eigenvalue weighted by Gasteiger charge is 2.11. The molecule has 0 aliphatic rings. The molecule has 1 aromatic carbocycles. The monoisotopic (exact) mass is 408 g/mol. The summed E-state index contributed by atoms with van der Waals surface area (Å²) in [6, 6.07) is 6.21. The van der Waals surface area contributed by atoms with Gasteiger partial charge in [0.1, 0.15) is 12.4 Å². The van der Waals surface area contributed by atoms with Crippen LogP contribution in [0.15, 0.2) is 23.2 Å². The van der Waals surface area contributed by atoms with Crippen molar-refractivity contribution in [3.63, 3.8) is 0 Å². The van der Waals surface area contributed by atoms with Gasteiger partial charge in [0.2, 0.25) is 0 Å². The van der Waals surface area contributed by atoms with Crippen LogP contribution in [0.25, 0.3) is 0 Å². The molecule has 1 unspecified atom stereocenters. The van der Waals surface area contributed by atoms with E-state index >= 15 is 0 Å². The van der Waals surface area contributed by atoms with E-state index in [9.17, 15) is 0 Å². The number of guanidine groups is 1. The lowest BCUT2D eigenvalue weighted by atomic mass is 10.1. The molecule has 1 rings (SSSR count). The predicted octanol–water partition coefficient (Wildman–Crippen LogP) is 2.43. The summed E-state index contributed by atoms with van der Waals surface area (Å²) in [6.07, 6.45) is 1.13. The van der Waals surface area contributed by atoms with Crippen LogP contribution in [0, 0.1) is 6.92 Å². The van der Waals surface area contributed by atoms with E-state index in [0.717, 1.165) is 48.9 Å². The van der Waals surface area contributed by atoms with Crippen LogP contribution < -0.4 is 15.4 Å². The number of nitrogens with zero attached hydrogens (tertiary/aromatic N) is 2. The third kappa shape index (κ3) is 11.1. The topological polar surface area (TPSA) is 67.4 Å². The largest absolute Gasteiger partial charge is 0.491 e. The minimum Gasteiger partial charge on any atom is -0.491 e. The van der Waals surface area contributed by atoms with Crippen LogP contribution in [0.4, 0.5) is 0 Å². The Balaban J connectivity index is 2.75. The molecule has 7 nitrogen and oxygen atoms in total. The van der Waals surface area contributed by atoms with Crippen LogP contribution >= 0.6 is 0 Å². The number of rotatable bonds is 14. The van der Waals surface area contributed by atoms with Crippen LogP contribution in [0.5, 0.6) is 5.75 Å². The molecule has 0 amide bonds. The van der Waals surface area contributed by atoms with Gasteiger partial charge in [0.15, 0.2) is 5.96 Å². The molecule has 0 spiro atoms. The number of ether oxygens (including phenoxy) is 3. The van der Waals surface area contributed by atoms with Gasteiger partial charge >= 0.3 is 0 Å². The maximum absolute atomic E-state index is 5.88. The van der Waals surface area contributed by atoms with Crippen molar-refractivity contribution in [2.45, 2.75) is 39.8 Å². The standard InChI is InChI=1S/C22H40N4O3/c1-7-23-22(25-17-20(28-8-2)11-12-26(4)5)24-16-19-10-9-18(3)15-21(19)29-14-13-27-6/h9-10,15,20H,7-8,11-14,16-17H2,1-6H3,(H2,23,24,25). The van der Waals surface area contributed by atoms with Crippen LogP contribution in [-0.4, -0.2) is 77.6 Å². The fraction of sp³-hybridized carbons (Fsp3) is 0.682. The average Bonchev–Trinajstić information content (AvgIpc) is 2.69. The van der Waals surface area contributed by atoms with Crippen molar-refractivity contribution in [3.05, 3.63) is 29.3 Å². The highest BCUT2D eigenvalue weighted by molar-refractivity contribution is 5.79. The number of benzene rings is 1. The van der Waals surface area contributed by atoms with E-state index in [4.69, 9.17) is 19.2 Å². The Morgan fingerprint density at radius 1 is 1.17 bits per heavy atom. The van der Waals surface area contributed by atoms with Crippen molar-refractivity contribution in [3.8, 4) is 5.75 Å². The van der Waals surface area contributed by atoms with Gasteiger partial charge in [-0.15, -0.1) is 0 Å². The second-order valence-corrected chi connectivity index (χ2v) is 7.20. The molecular formula is C22H40N4O3. The zero-order chi connectivity index (χ0) is 21.5. The summed E-state index contributed by atoms with van der Waals surface area (Å²) in [5, 5.41) is 6.73. The lowest BCUT2D eigenvalue weighted by Gasteiger charge is -2.21. The van der Waals surface area contributed by atoms with Gasteiger partial charge in [-0.05, 0) is 52.9 Å². The first-order chi connectivity index (χ1) is 14.0. The van der Waals surface area contributed by atoms with E-state index in [1.54, 1.807) is 7.11 Å². The van der Waals surface area contributed by atoms with Crippen molar-refractivity contribution in [2.24, 2.45) is 4.99 Å². The predicted molar refractivity (Wildman–Crippen MR) is 120 cm³/mol. The summed E-state index contributed by atoms with van der Waals surface area (Å²) in [6.45, 7) is 11.0. The molecule has 1 atom stereocenters. The molecule has 0 fully saturated rings. The van der Waals surface area contributed by atoms with E-state index in [2.05, 4.69) is 55.6 Å². The van der Waals surface area contributed by atoms with Crippen molar-refractivity contribution in [2.75, 3.05) is 60.7 Å².